The number of rotatable bonds is 5. The molecule has 2 nitrogen and oxygen atoms in total. The highest BCUT2D eigenvalue weighted by Gasteiger charge is 2.11. The summed E-state index contributed by atoms with van der Waals surface area (Å²) in [6, 6.07) is 10.0. The van der Waals surface area contributed by atoms with Crippen molar-refractivity contribution in [3.8, 4) is 11.5 Å². The van der Waals surface area contributed by atoms with E-state index < -0.39 is 0 Å². The maximum atomic E-state index is 13.1. The van der Waals surface area contributed by atoms with E-state index in [1.807, 2.05) is 19.1 Å². The minimum atomic E-state index is -0.318. The molecule has 0 fully saturated rings. The van der Waals surface area contributed by atoms with Gasteiger partial charge in [0.1, 0.15) is 17.3 Å². The molecule has 112 valence electrons. The van der Waals surface area contributed by atoms with Crippen LogP contribution >= 0.6 is 27.5 Å². The molecule has 21 heavy (non-hydrogen) atoms. The first-order valence-electron chi connectivity index (χ1n) is 6.67. The third-order valence-corrected chi connectivity index (χ3v) is 4.02. The number of hydrogen-bond donors (Lipinski definition) is 1. The van der Waals surface area contributed by atoms with Crippen LogP contribution in [0.2, 0.25) is 5.02 Å². The smallest absolute Gasteiger partial charge is 0.141 e. The van der Waals surface area contributed by atoms with Gasteiger partial charge in [0.05, 0.1) is 4.47 Å². The van der Waals surface area contributed by atoms with Crippen molar-refractivity contribution in [2.45, 2.75) is 19.9 Å². The second-order valence-corrected chi connectivity index (χ2v) is 5.90. The Morgan fingerprint density at radius 3 is 2.67 bits per heavy atom. The van der Waals surface area contributed by atoms with Gasteiger partial charge in [-0.25, -0.2) is 4.39 Å². The minimum Gasteiger partial charge on any atom is -0.456 e. The first kappa shape index (κ1) is 16.3. The molecule has 5 heteroatoms. The van der Waals surface area contributed by atoms with E-state index >= 15 is 0 Å². The molecule has 2 aromatic rings. The molecular weight excluding hydrogens is 357 g/mol. The van der Waals surface area contributed by atoms with Crippen molar-refractivity contribution in [1.29, 1.82) is 0 Å². The Balaban J connectivity index is 2.20. The maximum absolute atomic E-state index is 13.1. The Morgan fingerprint density at radius 2 is 2.05 bits per heavy atom. The minimum absolute atomic E-state index is 0.175. The molecule has 0 aliphatic rings. The summed E-state index contributed by atoms with van der Waals surface area (Å²) >= 11 is 9.57. The molecular formula is C16H16BrClFNO. The lowest BCUT2D eigenvalue weighted by molar-refractivity contribution is 0.476. The van der Waals surface area contributed by atoms with E-state index in [0.29, 0.717) is 21.0 Å². The van der Waals surface area contributed by atoms with Crippen molar-refractivity contribution in [3.05, 3.63) is 57.3 Å². The van der Waals surface area contributed by atoms with Gasteiger partial charge in [0, 0.05) is 11.1 Å². The maximum Gasteiger partial charge on any atom is 0.141 e. The van der Waals surface area contributed by atoms with E-state index in [9.17, 15) is 4.39 Å². The van der Waals surface area contributed by atoms with E-state index in [2.05, 4.69) is 28.2 Å². The Bertz CT molecular complexity index is 636. The van der Waals surface area contributed by atoms with Gasteiger partial charge in [-0.05, 0) is 65.3 Å². The number of hydrogen-bond acceptors (Lipinski definition) is 2. The van der Waals surface area contributed by atoms with Gasteiger partial charge in [0.2, 0.25) is 0 Å². The predicted molar refractivity (Wildman–Crippen MR) is 87.7 cm³/mol. The van der Waals surface area contributed by atoms with Crippen LogP contribution in [0.25, 0.3) is 0 Å². The normalized spacial score (nSPS) is 12.2. The van der Waals surface area contributed by atoms with E-state index in [-0.39, 0.29) is 11.9 Å². The molecule has 2 aromatic carbocycles. The fourth-order valence-electron chi connectivity index (χ4n) is 2.02. The van der Waals surface area contributed by atoms with Gasteiger partial charge < -0.3 is 10.1 Å². The summed E-state index contributed by atoms with van der Waals surface area (Å²) in [5.41, 5.74) is 1.02. The molecule has 1 N–H and O–H groups in total. The van der Waals surface area contributed by atoms with Crippen LogP contribution in [0.15, 0.2) is 40.9 Å². The molecule has 1 atom stereocenters. The van der Waals surface area contributed by atoms with Gasteiger partial charge in [-0.3, -0.25) is 0 Å². The van der Waals surface area contributed by atoms with E-state index in [1.54, 1.807) is 12.1 Å². The fourth-order valence-corrected chi connectivity index (χ4v) is 2.79. The lowest BCUT2D eigenvalue weighted by Gasteiger charge is -2.15. The van der Waals surface area contributed by atoms with Gasteiger partial charge in [0.25, 0.3) is 0 Å². The summed E-state index contributed by atoms with van der Waals surface area (Å²) in [4.78, 5) is 0. The van der Waals surface area contributed by atoms with Gasteiger partial charge in [0.15, 0.2) is 0 Å². The zero-order chi connectivity index (χ0) is 15.4. The van der Waals surface area contributed by atoms with E-state index in [0.717, 1.165) is 12.1 Å². The molecule has 0 bridgehead atoms. The molecule has 0 aliphatic carbocycles. The van der Waals surface area contributed by atoms with Gasteiger partial charge in [-0.15, -0.1) is 0 Å². The van der Waals surface area contributed by atoms with Crippen LogP contribution in [0, 0.1) is 5.82 Å². The molecule has 0 aliphatic heterocycles. The summed E-state index contributed by atoms with van der Waals surface area (Å²) in [5.74, 6) is 0.835. The van der Waals surface area contributed by atoms with E-state index in [1.165, 1.54) is 12.1 Å². The Hall–Kier alpha value is -1.10. The highest BCUT2D eigenvalue weighted by Crippen LogP contribution is 2.33. The van der Waals surface area contributed by atoms with Crippen LogP contribution in [-0.4, -0.2) is 6.54 Å². The third kappa shape index (κ3) is 4.19. The molecule has 0 radical (unpaired) electrons. The van der Waals surface area contributed by atoms with Crippen molar-refractivity contribution in [2.24, 2.45) is 0 Å². The highest BCUT2D eigenvalue weighted by atomic mass is 79.9. The summed E-state index contributed by atoms with van der Waals surface area (Å²) in [7, 11) is 0. The van der Waals surface area contributed by atoms with Crippen LogP contribution < -0.4 is 10.1 Å². The zero-order valence-corrected chi connectivity index (χ0v) is 14.1. The number of nitrogens with one attached hydrogen (secondary N) is 1. The van der Waals surface area contributed by atoms with Crippen LogP contribution in [0.4, 0.5) is 4.39 Å². The lowest BCUT2D eigenvalue weighted by atomic mass is 10.1. The number of benzene rings is 2. The molecule has 0 spiro atoms. The van der Waals surface area contributed by atoms with Crippen molar-refractivity contribution >= 4 is 27.5 Å². The van der Waals surface area contributed by atoms with Gasteiger partial charge in [-0.1, -0.05) is 24.6 Å². The first-order chi connectivity index (χ1) is 10.0. The van der Waals surface area contributed by atoms with Crippen molar-refractivity contribution in [3.63, 3.8) is 0 Å². The summed E-state index contributed by atoms with van der Waals surface area (Å²) in [5, 5.41) is 3.95. The van der Waals surface area contributed by atoms with Gasteiger partial charge >= 0.3 is 0 Å². The Kier molecular flexibility index (Phi) is 5.62. The number of halogens is 3. The topological polar surface area (TPSA) is 21.3 Å². The van der Waals surface area contributed by atoms with Gasteiger partial charge in [-0.2, -0.15) is 0 Å². The fraction of sp³-hybridized carbons (Fsp3) is 0.250. The van der Waals surface area contributed by atoms with Crippen molar-refractivity contribution < 1.29 is 9.13 Å². The summed E-state index contributed by atoms with van der Waals surface area (Å²) in [6.07, 6.45) is 0. The van der Waals surface area contributed by atoms with Crippen LogP contribution in [0.3, 0.4) is 0 Å². The first-order valence-corrected chi connectivity index (χ1v) is 7.84. The standard InChI is InChI=1S/C16H16BrClFNO/c1-3-20-10(2)13-6-5-12(9-15(13)18)21-16-7-4-11(19)8-14(16)17/h4-10,20H,3H2,1-2H3. The van der Waals surface area contributed by atoms with Crippen LogP contribution in [0.1, 0.15) is 25.5 Å². The Morgan fingerprint density at radius 1 is 1.29 bits per heavy atom. The molecule has 2 rings (SSSR count). The SMILES string of the molecule is CCNC(C)c1ccc(Oc2ccc(F)cc2Br)cc1Cl. The molecule has 0 heterocycles. The highest BCUT2D eigenvalue weighted by molar-refractivity contribution is 9.10. The molecule has 0 amide bonds. The molecule has 1 unspecified atom stereocenters. The third-order valence-electron chi connectivity index (χ3n) is 3.07. The van der Waals surface area contributed by atoms with Crippen molar-refractivity contribution in [2.75, 3.05) is 6.54 Å². The molecule has 0 saturated heterocycles. The quantitative estimate of drug-likeness (QED) is 0.726. The molecule has 0 aromatic heterocycles. The largest absolute Gasteiger partial charge is 0.456 e. The van der Waals surface area contributed by atoms with E-state index in [4.69, 9.17) is 16.3 Å². The van der Waals surface area contributed by atoms with Crippen LogP contribution in [0.5, 0.6) is 11.5 Å². The zero-order valence-electron chi connectivity index (χ0n) is 11.8. The predicted octanol–water partition coefficient (Wildman–Crippen LogP) is 5.70. The monoisotopic (exact) mass is 371 g/mol. The van der Waals surface area contributed by atoms with Crippen molar-refractivity contribution in [1.82, 2.24) is 5.32 Å². The molecule has 0 saturated carbocycles. The number of ether oxygens (including phenoxy) is 1. The average molecular weight is 373 g/mol. The average Bonchev–Trinajstić information content (AvgIpc) is 2.42. The summed E-state index contributed by atoms with van der Waals surface area (Å²) in [6.45, 7) is 4.98. The second-order valence-electron chi connectivity index (χ2n) is 4.64. The van der Waals surface area contributed by atoms with Crippen LogP contribution in [-0.2, 0) is 0 Å². The Labute approximate surface area is 137 Å². The second kappa shape index (κ2) is 7.25. The summed E-state index contributed by atoms with van der Waals surface area (Å²) < 4.78 is 19.3. The lowest BCUT2D eigenvalue weighted by Crippen LogP contribution is -2.17.